The highest BCUT2D eigenvalue weighted by molar-refractivity contribution is 7.08. The lowest BCUT2D eigenvalue weighted by Crippen LogP contribution is -2.23. The Labute approximate surface area is 174 Å². The number of halogens is 3. The summed E-state index contributed by atoms with van der Waals surface area (Å²) in [4.78, 5) is 16.7. The zero-order valence-corrected chi connectivity index (χ0v) is 16.6. The molecule has 1 atom stereocenters. The van der Waals surface area contributed by atoms with Gasteiger partial charge in [-0.25, -0.2) is 13.8 Å². The Bertz CT molecular complexity index is 978. The molecule has 0 spiro atoms. The summed E-state index contributed by atoms with van der Waals surface area (Å²) in [5, 5.41) is 3.05. The van der Waals surface area contributed by atoms with Gasteiger partial charge in [-0.15, -0.1) is 11.6 Å². The molecule has 3 N–H and O–H groups in total. The summed E-state index contributed by atoms with van der Waals surface area (Å²) < 4.78 is 37.7. The number of rotatable bonds is 8. The fraction of sp³-hybridized carbons (Fsp3) is 0.211. The van der Waals surface area contributed by atoms with Gasteiger partial charge in [-0.2, -0.15) is 4.37 Å². The minimum Gasteiger partial charge on any atom is -0.481 e. The number of ether oxygens (including phenoxy) is 1. The van der Waals surface area contributed by atoms with Gasteiger partial charge in [-0.05, 0) is 30.8 Å². The highest BCUT2D eigenvalue weighted by Gasteiger charge is 2.17. The van der Waals surface area contributed by atoms with Gasteiger partial charge in [-0.1, -0.05) is 12.1 Å². The molecule has 0 saturated heterocycles. The average Bonchev–Trinajstić information content (AvgIpc) is 3.16. The van der Waals surface area contributed by atoms with Gasteiger partial charge < -0.3 is 15.8 Å². The zero-order chi connectivity index (χ0) is 20.8. The van der Waals surface area contributed by atoms with E-state index in [0.717, 1.165) is 23.7 Å². The molecule has 152 valence electrons. The number of nitrogens with zero attached hydrogens (tertiary/aromatic N) is 2. The van der Waals surface area contributed by atoms with Crippen LogP contribution in [0.2, 0.25) is 0 Å². The topological polar surface area (TPSA) is 90.1 Å². The van der Waals surface area contributed by atoms with E-state index in [1.807, 2.05) is 0 Å². The molecular formula is C19H17ClF2N4O2S. The van der Waals surface area contributed by atoms with Gasteiger partial charge in [0.2, 0.25) is 5.06 Å². The smallest absolute Gasteiger partial charge is 0.274 e. The molecule has 2 heterocycles. The first-order valence-corrected chi connectivity index (χ1v) is 9.90. The third-order valence-corrected chi connectivity index (χ3v) is 5.14. The molecule has 2 aromatic heterocycles. The Hall–Kier alpha value is -2.62. The SMILES string of the molecule is NCC(CCl)COc1sncc1NC(=O)c1cccc(-c2c(F)cccc2F)n1. The lowest BCUT2D eigenvalue weighted by atomic mass is 10.1. The summed E-state index contributed by atoms with van der Waals surface area (Å²) in [6.07, 6.45) is 1.44. The molecule has 0 fully saturated rings. The van der Waals surface area contributed by atoms with Crippen LogP contribution in [0.4, 0.5) is 14.5 Å². The minimum absolute atomic E-state index is 0.0112. The van der Waals surface area contributed by atoms with Crippen LogP contribution < -0.4 is 15.8 Å². The van der Waals surface area contributed by atoms with Crippen LogP contribution in [0.1, 0.15) is 10.5 Å². The van der Waals surface area contributed by atoms with Gasteiger partial charge in [0.1, 0.15) is 23.0 Å². The van der Waals surface area contributed by atoms with Crippen molar-refractivity contribution in [2.24, 2.45) is 11.7 Å². The maximum absolute atomic E-state index is 14.0. The molecule has 0 saturated carbocycles. The third kappa shape index (κ3) is 5.06. The monoisotopic (exact) mass is 438 g/mol. The molecular weight excluding hydrogens is 422 g/mol. The van der Waals surface area contributed by atoms with Crippen molar-refractivity contribution < 1.29 is 18.3 Å². The number of hydrogen-bond donors (Lipinski definition) is 2. The maximum atomic E-state index is 14.0. The van der Waals surface area contributed by atoms with Crippen molar-refractivity contribution in [2.45, 2.75) is 0 Å². The molecule has 0 bridgehead atoms. The lowest BCUT2D eigenvalue weighted by molar-refractivity contribution is 0.102. The average molecular weight is 439 g/mol. The molecule has 0 radical (unpaired) electrons. The van der Waals surface area contributed by atoms with Crippen LogP contribution in [0.25, 0.3) is 11.3 Å². The minimum atomic E-state index is -0.762. The Morgan fingerprint density at radius 3 is 2.66 bits per heavy atom. The van der Waals surface area contributed by atoms with Crippen molar-refractivity contribution in [1.29, 1.82) is 0 Å². The molecule has 3 rings (SSSR count). The van der Waals surface area contributed by atoms with Crippen LogP contribution in [0.5, 0.6) is 5.06 Å². The zero-order valence-electron chi connectivity index (χ0n) is 15.1. The number of aromatic nitrogens is 2. The second-order valence-corrected chi connectivity index (χ2v) is 7.13. The highest BCUT2D eigenvalue weighted by atomic mass is 35.5. The number of nitrogens with one attached hydrogen (secondary N) is 1. The van der Waals surface area contributed by atoms with Gasteiger partial charge in [0.05, 0.1) is 24.1 Å². The number of hydrogen-bond acceptors (Lipinski definition) is 6. The first kappa shape index (κ1) is 21.1. The van der Waals surface area contributed by atoms with E-state index >= 15 is 0 Å². The van der Waals surface area contributed by atoms with E-state index in [-0.39, 0.29) is 29.5 Å². The second-order valence-electron chi connectivity index (χ2n) is 6.05. The maximum Gasteiger partial charge on any atom is 0.274 e. The summed E-state index contributed by atoms with van der Waals surface area (Å²) >= 11 is 6.86. The molecule has 6 nitrogen and oxygen atoms in total. The Morgan fingerprint density at radius 1 is 1.24 bits per heavy atom. The summed E-state index contributed by atoms with van der Waals surface area (Å²) in [7, 11) is 0. The van der Waals surface area contributed by atoms with Crippen molar-refractivity contribution in [1.82, 2.24) is 9.36 Å². The molecule has 1 amide bonds. The van der Waals surface area contributed by atoms with Crippen LogP contribution in [-0.2, 0) is 0 Å². The van der Waals surface area contributed by atoms with Crippen molar-refractivity contribution in [3.63, 3.8) is 0 Å². The Balaban J connectivity index is 1.77. The summed E-state index contributed by atoms with van der Waals surface area (Å²) in [6.45, 7) is 0.651. The van der Waals surface area contributed by atoms with Gasteiger partial charge in [0, 0.05) is 23.3 Å². The molecule has 29 heavy (non-hydrogen) atoms. The Morgan fingerprint density at radius 2 is 1.97 bits per heavy atom. The van der Waals surface area contributed by atoms with E-state index in [4.69, 9.17) is 22.1 Å². The van der Waals surface area contributed by atoms with Crippen molar-refractivity contribution in [3.8, 4) is 16.3 Å². The van der Waals surface area contributed by atoms with Gasteiger partial charge in [0.25, 0.3) is 5.91 Å². The summed E-state index contributed by atoms with van der Waals surface area (Å²) in [6, 6.07) is 7.88. The Kier molecular flexibility index (Phi) is 7.08. The number of carbonyl (C=O) groups excluding carboxylic acids is 1. The fourth-order valence-corrected chi connectivity index (χ4v) is 3.21. The van der Waals surface area contributed by atoms with Crippen molar-refractivity contribution >= 4 is 34.7 Å². The quantitative estimate of drug-likeness (QED) is 0.520. The largest absolute Gasteiger partial charge is 0.481 e. The summed E-state index contributed by atoms with van der Waals surface area (Å²) in [5.74, 6) is -1.78. The van der Waals surface area contributed by atoms with Crippen LogP contribution >= 0.6 is 23.1 Å². The van der Waals surface area contributed by atoms with Crippen molar-refractivity contribution in [2.75, 3.05) is 24.3 Å². The van der Waals surface area contributed by atoms with E-state index in [2.05, 4.69) is 14.7 Å². The van der Waals surface area contributed by atoms with E-state index in [0.29, 0.717) is 23.2 Å². The van der Waals surface area contributed by atoms with Crippen molar-refractivity contribution in [3.05, 3.63) is 59.9 Å². The van der Waals surface area contributed by atoms with E-state index in [1.165, 1.54) is 30.5 Å². The van der Waals surface area contributed by atoms with E-state index in [9.17, 15) is 13.6 Å². The van der Waals surface area contributed by atoms with Crippen LogP contribution in [0.3, 0.4) is 0 Å². The van der Waals surface area contributed by atoms with Gasteiger partial charge in [-0.3, -0.25) is 4.79 Å². The molecule has 1 aromatic carbocycles. The number of nitrogens with two attached hydrogens (primary N) is 1. The normalized spacial score (nSPS) is 11.9. The molecule has 3 aromatic rings. The lowest BCUT2D eigenvalue weighted by Gasteiger charge is -2.12. The van der Waals surface area contributed by atoms with Gasteiger partial charge in [0.15, 0.2) is 0 Å². The highest BCUT2D eigenvalue weighted by Crippen LogP contribution is 2.30. The molecule has 10 heteroatoms. The first-order chi connectivity index (χ1) is 14.0. The number of benzene rings is 1. The third-order valence-electron chi connectivity index (χ3n) is 3.99. The number of alkyl halides is 1. The van der Waals surface area contributed by atoms with Crippen LogP contribution in [0, 0.1) is 17.6 Å². The number of amides is 1. The predicted molar refractivity (Wildman–Crippen MR) is 108 cm³/mol. The van der Waals surface area contributed by atoms with E-state index in [1.54, 1.807) is 0 Å². The van der Waals surface area contributed by atoms with Crippen LogP contribution in [0.15, 0.2) is 42.6 Å². The van der Waals surface area contributed by atoms with Gasteiger partial charge >= 0.3 is 0 Å². The fourth-order valence-electron chi connectivity index (χ4n) is 2.41. The first-order valence-electron chi connectivity index (χ1n) is 8.59. The molecule has 0 aliphatic heterocycles. The number of carbonyl (C=O) groups is 1. The molecule has 1 unspecified atom stereocenters. The molecule has 0 aliphatic carbocycles. The van der Waals surface area contributed by atoms with Crippen LogP contribution in [-0.4, -0.2) is 34.3 Å². The summed E-state index contributed by atoms with van der Waals surface area (Å²) in [5.41, 5.74) is 5.66. The standard InChI is InChI=1S/C19H17ClF2N4O2S/c20-7-11(8-23)10-28-19-16(9-24-29-19)26-18(27)15-6-2-5-14(25-15)17-12(21)3-1-4-13(17)22/h1-6,9,11H,7-8,10,23H2,(H,26,27). The number of anilines is 1. The molecule has 0 aliphatic rings. The van der Waals surface area contributed by atoms with E-state index < -0.39 is 17.5 Å². The number of pyridine rings is 1. The predicted octanol–water partition coefficient (Wildman–Crippen LogP) is 3.93. The second kappa shape index (κ2) is 9.73.